The number of likely N-dealkylation sites (tertiary alicyclic amines) is 1. The number of carbonyl (C=O) groups is 3. The molecule has 0 bridgehead atoms. The van der Waals surface area contributed by atoms with Crippen LogP contribution < -0.4 is 0 Å². The molecule has 110 valence electrons. The summed E-state index contributed by atoms with van der Waals surface area (Å²) < 4.78 is 0. The fourth-order valence-electron chi connectivity index (χ4n) is 3.25. The molecule has 7 nitrogen and oxygen atoms in total. The van der Waals surface area contributed by atoms with E-state index in [1.54, 1.807) is 0 Å². The Bertz CT molecular complexity index is 643. The minimum absolute atomic E-state index is 0.0501. The van der Waals surface area contributed by atoms with Crippen molar-refractivity contribution in [2.45, 2.75) is 6.42 Å². The first-order valence-electron chi connectivity index (χ1n) is 6.37. The lowest BCUT2D eigenvalue weighted by Gasteiger charge is -2.20. The van der Waals surface area contributed by atoms with Gasteiger partial charge >= 0.3 is 11.9 Å². The van der Waals surface area contributed by atoms with E-state index in [-0.39, 0.29) is 30.8 Å². The maximum atomic E-state index is 12.3. The van der Waals surface area contributed by atoms with Crippen molar-refractivity contribution in [3.63, 3.8) is 0 Å². The van der Waals surface area contributed by atoms with Crippen molar-refractivity contribution in [1.29, 1.82) is 0 Å². The van der Waals surface area contributed by atoms with Crippen LogP contribution in [0, 0.1) is 10.8 Å². The zero-order valence-electron chi connectivity index (χ0n) is 10.9. The summed E-state index contributed by atoms with van der Waals surface area (Å²) in [5.74, 6) is -2.92. The van der Waals surface area contributed by atoms with Gasteiger partial charge in [-0.3, -0.25) is 14.4 Å². The van der Waals surface area contributed by atoms with E-state index in [1.807, 2.05) is 0 Å². The predicted molar refractivity (Wildman–Crippen MR) is 68.8 cm³/mol. The van der Waals surface area contributed by atoms with Gasteiger partial charge in [-0.2, -0.15) is 0 Å². The van der Waals surface area contributed by atoms with Crippen molar-refractivity contribution in [2.75, 3.05) is 13.1 Å². The van der Waals surface area contributed by atoms with Crippen molar-refractivity contribution >= 4 is 17.8 Å². The first-order chi connectivity index (χ1) is 9.82. The zero-order chi connectivity index (χ0) is 15.4. The van der Waals surface area contributed by atoms with Crippen LogP contribution in [-0.4, -0.2) is 51.2 Å². The van der Waals surface area contributed by atoms with E-state index in [0.717, 1.165) is 0 Å². The van der Waals surface area contributed by atoms with E-state index in [0.29, 0.717) is 0 Å². The smallest absolute Gasteiger partial charge is 0.312 e. The normalized spacial score (nSPS) is 29.8. The topological polar surface area (TPSA) is 115 Å². The summed E-state index contributed by atoms with van der Waals surface area (Å²) in [5, 5.41) is 28.0. The van der Waals surface area contributed by atoms with Gasteiger partial charge in [-0.1, -0.05) is 6.07 Å². The molecule has 21 heavy (non-hydrogen) atoms. The Hall–Kier alpha value is -2.57. The Morgan fingerprint density at radius 2 is 1.62 bits per heavy atom. The van der Waals surface area contributed by atoms with Gasteiger partial charge in [-0.15, -0.1) is 0 Å². The molecular formula is C14H13NO6. The molecule has 2 aliphatic rings. The minimum atomic E-state index is -1.38. The summed E-state index contributed by atoms with van der Waals surface area (Å²) in [6.45, 7) is -0.244. The SMILES string of the molecule is O=C(c1cccc(O)c1)N1C[C@@]2(C(=O)O)C[C@@]2(C(=O)O)C1. The molecule has 0 unspecified atom stereocenters. The fourth-order valence-corrected chi connectivity index (χ4v) is 3.25. The second kappa shape index (κ2) is 3.97. The zero-order valence-corrected chi connectivity index (χ0v) is 10.9. The van der Waals surface area contributed by atoms with Gasteiger partial charge in [-0.05, 0) is 24.6 Å². The van der Waals surface area contributed by atoms with Crippen LogP contribution >= 0.6 is 0 Å². The van der Waals surface area contributed by atoms with E-state index < -0.39 is 28.7 Å². The molecule has 0 aromatic heterocycles. The predicted octanol–water partition coefficient (Wildman–Crippen LogP) is 0.394. The second-order valence-corrected chi connectivity index (χ2v) is 5.66. The summed E-state index contributed by atoms with van der Waals surface area (Å²) in [7, 11) is 0. The number of nitrogens with zero attached hydrogens (tertiary/aromatic N) is 1. The summed E-state index contributed by atoms with van der Waals surface area (Å²) in [4.78, 5) is 36.3. The van der Waals surface area contributed by atoms with Gasteiger partial charge in [0.2, 0.25) is 0 Å². The number of aromatic hydroxyl groups is 1. The molecule has 1 amide bonds. The third-order valence-electron chi connectivity index (χ3n) is 4.52. The van der Waals surface area contributed by atoms with Crippen molar-refractivity contribution < 1.29 is 29.7 Å². The Kier molecular flexibility index (Phi) is 2.54. The second-order valence-electron chi connectivity index (χ2n) is 5.66. The monoisotopic (exact) mass is 291 g/mol. The molecule has 3 N–H and O–H groups in total. The molecule has 1 aromatic carbocycles. The Balaban J connectivity index is 1.89. The van der Waals surface area contributed by atoms with Gasteiger partial charge in [-0.25, -0.2) is 0 Å². The van der Waals surface area contributed by atoms with Crippen molar-refractivity contribution in [3.8, 4) is 5.75 Å². The number of piperidine rings is 1. The Labute approximate surface area is 119 Å². The average molecular weight is 291 g/mol. The third kappa shape index (κ3) is 1.63. The number of amides is 1. The standard InChI is InChI=1S/C14H13NO6/c16-9-3-1-2-8(4-9)10(17)15-6-13(11(18)19)5-14(13,7-15)12(20)21/h1-4,16H,5-7H2,(H,18,19)(H,20,21)/t13-,14+. The molecule has 2 atom stereocenters. The fraction of sp³-hybridized carbons (Fsp3) is 0.357. The summed E-state index contributed by atoms with van der Waals surface area (Å²) in [5.41, 5.74) is -2.56. The number of carboxylic acids is 2. The number of rotatable bonds is 3. The lowest BCUT2D eigenvalue weighted by atomic mass is 9.97. The highest BCUT2D eigenvalue weighted by Crippen LogP contribution is 2.68. The molecule has 1 aliphatic heterocycles. The van der Waals surface area contributed by atoms with E-state index in [2.05, 4.69) is 0 Å². The highest BCUT2D eigenvalue weighted by Gasteiger charge is 2.81. The highest BCUT2D eigenvalue weighted by atomic mass is 16.4. The van der Waals surface area contributed by atoms with Crippen LogP contribution in [0.4, 0.5) is 0 Å². The molecular weight excluding hydrogens is 278 g/mol. The van der Waals surface area contributed by atoms with Gasteiger partial charge in [0.15, 0.2) is 0 Å². The van der Waals surface area contributed by atoms with E-state index >= 15 is 0 Å². The van der Waals surface area contributed by atoms with Gasteiger partial charge in [0.25, 0.3) is 5.91 Å². The average Bonchev–Trinajstić information content (AvgIpc) is 2.97. The van der Waals surface area contributed by atoms with Crippen LogP contribution in [0.5, 0.6) is 5.75 Å². The molecule has 1 saturated carbocycles. The number of fused-ring (bicyclic) bond motifs is 1. The van der Waals surface area contributed by atoms with Crippen LogP contribution in [0.2, 0.25) is 0 Å². The Morgan fingerprint density at radius 1 is 1.05 bits per heavy atom. The quantitative estimate of drug-likeness (QED) is 0.742. The molecule has 2 fully saturated rings. The van der Waals surface area contributed by atoms with Crippen LogP contribution in [0.15, 0.2) is 24.3 Å². The first kappa shape index (κ1) is 13.4. The van der Waals surface area contributed by atoms with Gasteiger partial charge in [0.05, 0.1) is 0 Å². The number of aliphatic carboxylic acids is 2. The van der Waals surface area contributed by atoms with Crippen molar-refractivity contribution in [3.05, 3.63) is 29.8 Å². The van der Waals surface area contributed by atoms with Crippen LogP contribution in [0.3, 0.4) is 0 Å². The lowest BCUT2D eigenvalue weighted by Crippen LogP contribution is -2.34. The molecule has 1 aromatic rings. The third-order valence-corrected chi connectivity index (χ3v) is 4.52. The summed E-state index contributed by atoms with van der Waals surface area (Å²) in [6, 6.07) is 5.68. The molecule has 7 heteroatoms. The van der Waals surface area contributed by atoms with Crippen LogP contribution in [-0.2, 0) is 9.59 Å². The number of carboxylic acid groups (broad SMARTS) is 2. The van der Waals surface area contributed by atoms with Crippen LogP contribution in [0.25, 0.3) is 0 Å². The largest absolute Gasteiger partial charge is 0.508 e. The maximum absolute atomic E-state index is 12.3. The highest BCUT2D eigenvalue weighted by molar-refractivity contribution is 6.00. The van der Waals surface area contributed by atoms with Crippen molar-refractivity contribution in [2.24, 2.45) is 10.8 Å². The van der Waals surface area contributed by atoms with Gasteiger partial charge in [0.1, 0.15) is 16.6 Å². The van der Waals surface area contributed by atoms with Crippen LogP contribution in [0.1, 0.15) is 16.8 Å². The summed E-state index contributed by atoms with van der Waals surface area (Å²) >= 11 is 0. The molecule has 0 spiro atoms. The lowest BCUT2D eigenvalue weighted by molar-refractivity contribution is -0.151. The number of benzene rings is 1. The molecule has 0 radical (unpaired) electrons. The van der Waals surface area contributed by atoms with E-state index in [4.69, 9.17) is 0 Å². The number of phenols is 1. The number of phenolic OH excluding ortho intramolecular Hbond substituents is 1. The van der Waals surface area contributed by atoms with Crippen molar-refractivity contribution in [1.82, 2.24) is 4.90 Å². The van der Waals surface area contributed by atoms with E-state index in [1.165, 1.54) is 29.2 Å². The van der Waals surface area contributed by atoms with Gasteiger partial charge < -0.3 is 20.2 Å². The summed E-state index contributed by atoms with van der Waals surface area (Å²) in [6.07, 6.45) is 0.0501. The maximum Gasteiger partial charge on any atom is 0.312 e. The number of hydrogen-bond donors (Lipinski definition) is 3. The first-order valence-corrected chi connectivity index (χ1v) is 6.37. The minimum Gasteiger partial charge on any atom is -0.508 e. The molecule has 1 heterocycles. The number of carbonyl (C=O) groups excluding carboxylic acids is 1. The molecule has 1 aliphatic carbocycles. The van der Waals surface area contributed by atoms with E-state index in [9.17, 15) is 29.7 Å². The molecule has 1 saturated heterocycles. The molecule has 3 rings (SSSR count). The van der Waals surface area contributed by atoms with Gasteiger partial charge in [0, 0.05) is 18.7 Å². The number of hydrogen-bond acceptors (Lipinski definition) is 4. The Morgan fingerprint density at radius 3 is 2.10 bits per heavy atom.